The smallest absolute Gasteiger partial charge is 0.224 e. The van der Waals surface area contributed by atoms with Crippen LogP contribution in [0.3, 0.4) is 0 Å². The Labute approximate surface area is 143 Å². The van der Waals surface area contributed by atoms with Crippen LogP contribution >= 0.6 is 11.3 Å². The van der Waals surface area contributed by atoms with E-state index in [2.05, 4.69) is 15.3 Å². The Morgan fingerprint density at radius 2 is 2.08 bits per heavy atom. The number of aryl methyl sites for hydroxylation is 1. The number of rotatable bonds is 5. The molecule has 0 fully saturated rings. The molecule has 0 aliphatic rings. The first-order chi connectivity index (χ1) is 11.6. The number of carbonyl (C=O) groups excluding carboxylic acids is 1. The Kier molecular flexibility index (Phi) is 4.96. The van der Waals surface area contributed by atoms with Crippen LogP contribution in [0.1, 0.15) is 16.1 Å². The molecular weight excluding hydrogens is 325 g/mol. The van der Waals surface area contributed by atoms with Crippen LogP contribution in [0.4, 0.5) is 4.39 Å². The molecule has 3 rings (SSSR count). The number of nitrogens with one attached hydrogen (secondary N) is 1. The van der Waals surface area contributed by atoms with Gasteiger partial charge in [0, 0.05) is 22.8 Å². The summed E-state index contributed by atoms with van der Waals surface area (Å²) in [6.07, 6.45) is 3.51. The third-order valence-electron chi connectivity index (χ3n) is 3.56. The predicted molar refractivity (Wildman–Crippen MR) is 92.0 cm³/mol. The minimum atomic E-state index is -0.361. The number of benzene rings is 1. The molecule has 0 atom stereocenters. The molecule has 1 N–H and O–H groups in total. The Balaban J connectivity index is 1.64. The van der Waals surface area contributed by atoms with E-state index in [0.717, 1.165) is 21.1 Å². The predicted octanol–water partition coefficient (Wildman–Crippen LogP) is 3.51. The summed E-state index contributed by atoms with van der Waals surface area (Å²) in [4.78, 5) is 21.6. The lowest BCUT2D eigenvalue weighted by atomic mass is 10.1. The molecule has 0 spiro atoms. The number of thiazole rings is 1. The molecule has 24 heavy (non-hydrogen) atoms. The van der Waals surface area contributed by atoms with Crippen LogP contribution in [0, 0.1) is 12.7 Å². The van der Waals surface area contributed by atoms with Crippen LogP contribution in [-0.4, -0.2) is 15.9 Å². The van der Waals surface area contributed by atoms with E-state index in [1.54, 1.807) is 30.6 Å². The fourth-order valence-electron chi connectivity index (χ4n) is 2.26. The van der Waals surface area contributed by atoms with Crippen molar-refractivity contribution < 1.29 is 9.18 Å². The maximum Gasteiger partial charge on any atom is 0.224 e. The standard InChI is InChI=1S/C18H16FN3OS/c1-12-16(24-18(22-12)14-6-4-8-20-10-14)11-21-17(23)9-13-5-2-3-7-15(13)19/h2-8,10H,9,11H2,1H3,(H,21,23). The second kappa shape index (κ2) is 7.31. The molecule has 1 aromatic carbocycles. The summed E-state index contributed by atoms with van der Waals surface area (Å²) in [5.41, 5.74) is 2.23. The van der Waals surface area contributed by atoms with Crippen molar-refractivity contribution in [2.75, 3.05) is 0 Å². The van der Waals surface area contributed by atoms with E-state index in [4.69, 9.17) is 0 Å². The molecule has 0 aliphatic carbocycles. The van der Waals surface area contributed by atoms with Crippen LogP contribution in [0.2, 0.25) is 0 Å². The van der Waals surface area contributed by atoms with Crippen molar-refractivity contribution in [1.82, 2.24) is 15.3 Å². The number of halogens is 1. The van der Waals surface area contributed by atoms with Crippen molar-refractivity contribution in [3.63, 3.8) is 0 Å². The van der Waals surface area contributed by atoms with E-state index in [0.29, 0.717) is 12.1 Å². The average molecular weight is 341 g/mol. The average Bonchev–Trinajstić information content (AvgIpc) is 2.97. The van der Waals surface area contributed by atoms with Gasteiger partial charge < -0.3 is 5.32 Å². The highest BCUT2D eigenvalue weighted by Crippen LogP contribution is 2.27. The first-order valence-corrected chi connectivity index (χ1v) is 8.32. The highest BCUT2D eigenvalue weighted by atomic mass is 32.1. The van der Waals surface area contributed by atoms with Crippen molar-refractivity contribution in [2.45, 2.75) is 19.9 Å². The molecule has 0 aliphatic heterocycles. The Bertz CT molecular complexity index is 848. The SMILES string of the molecule is Cc1nc(-c2cccnc2)sc1CNC(=O)Cc1ccccc1F. The molecule has 0 saturated carbocycles. The van der Waals surface area contributed by atoms with E-state index in [9.17, 15) is 9.18 Å². The van der Waals surface area contributed by atoms with Gasteiger partial charge >= 0.3 is 0 Å². The molecule has 4 nitrogen and oxygen atoms in total. The molecule has 1 amide bonds. The van der Waals surface area contributed by atoms with Crippen LogP contribution in [0.25, 0.3) is 10.6 Å². The number of amides is 1. The molecule has 122 valence electrons. The summed E-state index contributed by atoms with van der Waals surface area (Å²) in [7, 11) is 0. The topological polar surface area (TPSA) is 54.9 Å². The van der Waals surface area contributed by atoms with Gasteiger partial charge in [-0.05, 0) is 30.7 Å². The van der Waals surface area contributed by atoms with Crippen molar-refractivity contribution in [3.8, 4) is 10.6 Å². The monoisotopic (exact) mass is 341 g/mol. The summed E-state index contributed by atoms with van der Waals surface area (Å²) < 4.78 is 13.6. The highest BCUT2D eigenvalue weighted by molar-refractivity contribution is 7.15. The lowest BCUT2D eigenvalue weighted by Gasteiger charge is -2.05. The maximum absolute atomic E-state index is 13.6. The van der Waals surface area contributed by atoms with Crippen molar-refractivity contribution in [1.29, 1.82) is 0 Å². The van der Waals surface area contributed by atoms with E-state index < -0.39 is 0 Å². The van der Waals surface area contributed by atoms with Gasteiger partial charge in [0.15, 0.2) is 0 Å². The molecule has 0 unspecified atom stereocenters. The van der Waals surface area contributed by atoms with Gasteiger partial charge in [0.2, 0.25) is 5.91 Å². The van der Waals surface area contributed by atoms with Gasteiger partial charge in [-0.25, -0.2) is 9.37 Å². The van der Waals surface area contributed by atoms with Crippen LogP contribution < -0.4 is 5.32 Å². The van der Waals surface area contributed by atoms with Crippen molar-refractivity contribution in [2.24, 2.45) is 0 Å². The molecule has 0 radical (unpaired) electrons. The number of hydrogen-bond acceptors (Lipinski definition) is 4. The van der Waals surface area contributed by atoms with Crippen LogP contribution in [0.15, 0.2) is 48.8 Å². The van der Waals surface area contributed by atoms with Gasteiger partial charge in [-0.2, -0.15) is 0 Å². The summed E-state index contributed by atoms with van der Waals surface area (Å²) >= 11 is 1.52. The van der Waals surface area contributed by atoms with Gasteiger partial charge in [0.1, 0.15) is 10.8 Å². The summed E-state index contributed by atoms with van der Waals surface area (Å²) in [6.45, 7) is 2.30. The summed E-state index contributed by atoms with van der Waals surface area (Å²) in [6, 6.07) is 10.1. The molecule has 2 aromatic heterocycles. The molecular formula is C18H16FN3OS. The Morgan fingerprint density at radius 1 is 1.25 bits per heavy atom. The Morgan fingerprint density at radius 3 is 2.83 bits per heavy atom. The second-order valence-corrected chi connectivity index (χ2v) is 6.40. The minimum Gasteiger partial charge on any atom is -0.351 e. The third kappa shape index (κ3) is 3.83. The van der Waals surface area contributed by atoms with Gasteiger partial charge in [-0.1, -0.05) is 18.2 Å². The summed E-state index contributed by atoms with van der Waals surface area (Å²) in [5.74, 6) is -0.573. The van der Waals surface area contributed by atoms with E-state index in [1.807, 2.05) is 19.1 Å². The first-order valence-electron chi connectivity index (χ1n) is 7.50. The molecule has 2 heterocycles. The molecule has 0 saturated heterocycles. The molecule has 0 bridgehead atoms. The zero-order valence-corrected chi connectivity index (χ0v) is 13.9. The maximum atomic E-state index is 13.6. The number of hydrogen-bond donors (Lipinski definition) is 1. The number of carbonyl (C=O) groups is 1. The lowest BCUT2D eigenvalue weighted by molar-refractivity contribution is -0.120. The fraction of sp³-hybridized carbons (Fsp3) is 0.167. The van der Waals surface area contributed by atoms with Gasteiger partial charge in [0.25, 0.3) is 0 Å². The molecule has 6 heteroatoms. The molecule has 3 aromatic rings. The normalized spacial score (nSPS) is 10.6. The zero-order chi connectivity index (χ0) is 16.9. The second-order valence-electron chi connectivity index (χ2n) is 5.31. The van der Waals surface area contributed by atoms with E-state index in [-0.39, 0.29) is 18.1 Å². The largest absolute Gasteiger partial charge is 0.351 e. The van der Waals surface area contributed by atoms with E-state index in [1.165, 1.54) is 17.4 Å². The quantitative estimate of drug-likeness (QED) is 0.773. The minimum absolute atomic E-state index is 0.0278. The van der Waals surface area contributed by atoms with E-state index >= 15 is 0 Å². The fourth-order valence-corrected chi connectivity index (χ4v) is 3.25. The highest BCUT2D eigenvalue weighted by Gasteiger charge is 2.12. The van der Waals surface area contributed by atoms with Crippen LogP contribution in [-0.2, 0) is 17.8 Å². The van der Waals surface area contributed by atoms with Gasteiger partial charge in [-0.3, -0.25) is 9.78 Å². The third-order valence-corrected chi connectivity index (χ3v) is 4.76. The summed E-state index contributed by atoms with van der Waals surface area (Å²) in [5, 5.41) is 3.70. The van der Waals surface area contributed by atoms with Crippen molar-refractivity contribution in [3.05, 3.63) is 70.7 Å². The Hall–Kier alpha value is -2.60. The number of nitrogens with zero attached hydrogens (tertiary/aromatic N) is 2. The van der Waals surface area contributed by atoms with Crippen molar-refractivity contribution >= 4 is 17.2 Å². The number of aromatic nitrogens is 2. The van der Waals surface area contributed by atoms with Crippen LogP contribution in [0.5, 0.6) is 0 Å². The lowest BCUT2D eigenvalue weighted by Crippen LogP contribution is -2.24. The van der Waals surface area contributed by atoms with Gasteiger partial charge in [0.05, 0.1) is 18.7 Å². The first kappa shape index (κ1) is 16.3. The zero-order valence-electron chi connectivity index (χ0n) is 13.1. The number of pyridine rings is 1. The van der Waals surface area contributed by atoms with Gasteiger partial charge in [-0.15, -0.1) is 11.3 Å².